The van der Waals surface area contributed by atoms with Gasteiger partial charge in [0.2, 0.25) is 0 Å². The Morgan fingerprint density at radius 2 is 1.71 bits per heavy atom. The van der Waals surface area contributed by atoms with E-state index in [0.717, 1.165) is 19.6 Å². The number of nitrogens with zero attached hydrogens (tertiary/aromatic N) is 2. The molecule has 2 aliphatic heterocycles. The van der Waals surface area contributed by atoms with Crippen LogP contribution in [0.2, 0.25) is 0 Å². The molecule has 2 aliphatic rings. The highest BCUT2D eigenvalue weighted by Crippen LogP contribution is 2.31. The molecule has 2 fully saturated rings. The molecule has 0 aliphatic carbocycles. The maximum absolute atomic E-state index is 3.65. The first kappa shape index (κ1) is 14.9. The van der Waals surface area contributed by atoms with E-state index >= 15 is 0 Å². The van der Waals surface area contributed by atoms with E-state index in [2.05, 4.69) is 60.2 Å². The number of nitrogens with one attached hydrogen (secondary N) is 1. The molecule has 3 nitrogen and oxygen atoms in total. The quantitative estimate of drug-likeness (QED) is 0.922. The Morgan fingerprint density at radius 3 is 2.24 bits per heavy atom. The second-order valence-electron chi connectivity index (χ2n) is 7.03. The molecule has 0 aromatic heterocycles. The van der Waals surface area contributed by atoms with Crippen molar-refractivity contribution in [3.05, 3.63) is 29.8 Å². The van der Waals surface area contributed by atoms with Crippen LogP contribution in [0.5, 0.6) is 0 Å². The fourth-order valence-electron chi connectivity index (χ4n) is 3.68. The van der Waals surface area contributed by atoms with Crippen molar-refractivity contribution in [2.24, 2.45) is 0 Å². The lowest BCUT2D eigenvalue weighted by Crippen LogP contribution is -2.48. The molecule has 0 bridgehead atoms. The summed E-state index contributed by atoms with van der Waals surface area (Å²) >= 11 is 0. The van der Waals surface area contributed by atoms with E-state index in [4.69, 9.17) is 0 Å². The van der Waals surface area contributed by atoms with Crippen LogP contribution in [0.4, 0.5) is 5.69 Å². The van der Waals surface area contributed by atoms with Crippen LogP contribution in [0.25, 0.3) is 0 Å². The molecule has 0 saturated carbocycles. The zero-order valence-corrected chi connectivity index (χ0v) is 13.7. The minimum atomic E-state index is 0.189. The third-order valence-corrected chi connectivity index (χ3v) is 5.28. The van der Waals surface area contributed by atoms with Crippen molar-refractivity contribution < 1.29 is 0 Å². The Bertz CT molecular complexity index is 452. The topological polar surface area (TPSA) is 18.5 Å². The van der Waals surface area contributed by atoms with Crippen molar-refractivity contribution in [1.29, 1.82) is 0 Å². The molecule has 1 aromatic rings. The third kappa shape index (κ3) is 3.09. The fourth-order valence-corrected chi connectivity index (χ4v) is 3.68. The lowest BCUT2D eigenvalue weighted by Gasteiger charge is -2.38. The summed E-state index contributed by atoms with van der Waals surface area (Å²) in [4.78, 5) is 5.08. The smallest absolute Gasteiger partial charge is 0.0406 e. The summed E-state index contributed by atoms with van der Waals surface area (Å²) in [6, 6.07) is 9.94. The lowest BCUT2D eigenvalue weighted by atomic mass is 9.90. The molecule has 1 aromatic carbocycles. The highest BCUT2D eigenvalue weighted by atomic mass is 15.3. The Morgan fingerprint density at radius 1 is 1.05 bits per heavy atom. The molecule has 0 radical (unpaired) electrons. The number of anilines is 1. The molecule has 3 heteroatoms. The van der Waals surface area contributed by atoms with Gasteiger partial charge in [0.25, 0.3) is 0 Å². The molecule has 1 atom stereocenters. The van der Waals surface area contributed by atoms with Gasteiger partial charge in [-0.2, -0.15) is 0 Å². The molecule has 21 heavy (non-hydrogen) atoms. The van der Waals surface area contributed by atoms with Crippen LogP contribution in [-0.2, 0) is 5.54 Å². The maximum atomic E-state index is 3.65. The number of hydrogen-bond acceptors (Lipinski definition) is 3. The average Bonchev–Trinajstić information content (AvgIpc) is 2.96. The van der Waals surface area contributed by atoms with E-state index in [1.807, 2.05) is 0 Å². The number of hydrogen-bond donors (Lipinski definition) is 1. The van der Waals surface area contributed by atoms with Crippen LogP contribution in [0, 0.1) is 0 Å². The summed E-state index contributed by atoms with van der Waals surface area (Å²) in [6.45, 7) is 12.7. The van der Waals surface area contributed by atoms with E-state index in [9.17, 15) is 0 Å². The van der Waals surface area contributed by atoms with Gasteiger partial charge in [0, 0.05) is 43.4 Å². The average molecular weight is 287 g/mol. The summed E-state index contributed by atoms with van der Waals surface area (Å²) in [5.74, 6) is 0. The van der Waals surface area contributed by atoms with Crippen LogP contribution >= 0.6 is 0 Å². The Balaban J connectivity index is 1.65. The minimum Gasteiger partial charge on any atom is -0.369 e. The van der Waals surface area contributed by atoms with E-state index in [1.54, 1.807) is 0 Å². The molecule has 2 heterocycles. The number of benzene rings is 1. The van der Waals surface area contributed by atoms with Crippen molar-refractivity contribution in [2.75, 3.05) is 37.6 Å². The molecular formula is C18H29N3. The van der Waals surface area contributed by atoms with Gasteiger partial charge in [0.1, 0.15) is 0 Å². The largest absolute Gasteiger partial charge is 0.369 e. The zero-order chi connectivity index (χ0) is 14.9. The minimum absolute atomic E-state index is 0.189. The van der Waals surface area contributed by atoms with Gasteiger partial charge in [-0.25, -0.2) is 0 Å². The Hall–Kier alpha value is -1.06. The zero-order valence-electron chi connectivity index (χ0n) is 13.7. The highest BCUT2D eigenvalue weighted by Gasteiger charge is 2.29. The Kier molecular flexibility index (Phi) is 4.23. The van der Waals surface area contributed by atoms with Crippen molar-refractivity contribution >= 4 is 5.69 Å². The summed E-state index contributed by atoms with van der Waals surface area (Å²) in [5, 5.41) is 3.65. The second-order valence-corrected chi connectivity index (χ2v) is 7.03. The van der Waals surface area contributed by atoms with Gasteiger partial charge in [0.05, 0.1) is 0 Å². The molecular weight excluding hydrogens is 258 g/mol. The first-order valence-electron chi connectivity index (χ1n) is 8.43. The van der Waals surface area contributed by atoms with Crippen LogP contribution in [0.3, 0.4) is 0 Å². The third-order valence-electron chi connectivity index (χ3n) is 5.28. The molecule has 0 amide bonds. The molecule has 1 unspecified atom stereocenters. The maximum Gasteiger partial charge on any atom is 0.0406 e. The van der Waals surface area contributed by atoms with Gasteiger partial charge in [0.15, 0.2) is 0 Å². The first-order chi connectivity index (χ1) is 10.1. The van der Waals surface area contributed by atoms with Crippen molar-refractivity contribution in [3.8, 4) is 0 Å². The van der Waals surface area contributed by atoms with Gasteiger partial charge in [-0.05, 0) is 57.9 Å². The SMILES string of the molecule is CC(C)N1CCN(c2ccc(C3(C)CCCN3)cc2)CC1. The predicted molar refractivity (Wildman–Crippen MR) is 90.0 cm³/mol. The van der Waals surface area contributed by atoms with Crippen molar-refractivity contribution in [1.82, 2.24) is 10.2 Å². The van der Waals surface area contributed by atoms with Crippen molar-refractivity contribution in [3.63, 3.8) is 0 Å². The van der Waals surface area contributed by atoms with Gasteiger partial charge in [-0.1, -0.05) is 12.1 Å². The van der Waals surface area contributed by atoms with E-state index < -0.39 is 0 Å². The molecule has 0 spiro atoms. The standard InChI is InChI=1S/C18H29N3/c1-15(2)20-11-13-21(14-12-20)17-7-5-16(6-8-17)18(3)9-4-10-19-18/h5-8,15,19H,4,9-14H2,1-3H3. The van der Waals surface area contributed by atoms with E-state index in [-0.39, 0.29) is 5.54 Å². The second kappa shape index (κ2) is 5.98. The molecule has 116 valence electrons. The summed E-state index contributed by atoms with van der Waals surface area (Å²) in [5.41, 5.74) is 3.00. The first-order valence-corrected chi connectivity index (χ1v) is 8.43. The van der Waals surface area contributed by atoms with Gasteiger partial charge in [-0.15, -0.1) is 0 Å². The van der Waals surface area contributed by atoms with Crippen LogP contribution in [0.15, 0.2) is 24.3 Å². The predicted octanol–water partition coefficient (Wildman–Crippen LogP) is 2.82. The van der Waals surface area contributed by atoms with Gasteiger partial charge in [-0.3, -0.25) is 4.90 Å². The summed E-state index contributed by atoms with van der Waals surface area (Å²) < 4.78 is 0. The van der Waals surface area contributed by atoms with Crippen LogP contribution < -0.4 is 10.2 Å². The van der Waals surface area contributed by atoms with Crippen LogP contribution in [-0.4, -0.2) is 43.7 Å². The molecule has 2 saturated heterocycles. The monoisotopic (exact) mass is 287 g/mol. The summed E-state index contributed by atoms with van der Waals surface area (Å²) in [7, 11) is 0. The van der Waals surface area contributed by atoms with Gasteiger partial charge >= 0.3 is 0 Å². The normalized spacial score (nSPS) is 27.5. The number of piperazine rings is 1. The summed E-state index contributed by atoms with van der Waals surface area (Å²) in [6.07, 6.45) is 2.54. The number of rotatable bonds is 3. The van der Waals surface area contributed by atoms with Crippen molar-refractivity contribution in [2.45, 2.75) is 45.2 Å². The van der Waals surface area contributed by atoms with E-state index in [1.165, 1.54) is 37.2 Å². The Labute approximate surface area is 129 Å². The molecule has 1 N–H and O–H groups in total. The highest BCUT2D eigenvalue weighted by molar-refractivity contribution is 5.49. The fraction of sp³-hybridized carbons (Fsp3) is 0.667. The molecule has 3 rings (SSSR count). The van der Waals surface area contributed by atoms with Gasteiger partial charge < -0.3 is 10.2 Å². The van der Waals surface area contributed by atoms with Crippen LogP contribution in [0.1, 0.15) is 39.2 Å². The van der Waals surface area contributed by atoms with E-state index in [0.29, 0.717) is 6.04 Å². The lowest BCUT2D eigenvalue weighted by molar-refractivity contribution is 0.209.